The number of halogens is 2. The zero-order valence-electron chi connectivity index (χ0n) is 17.9. The lowest BCUT2D eigenvalue weighted by Gasteiger charge is -2.49. The minimum absolute atomic E-state index is 0.0209. The van der Waals surface area contributed by atoms with E-state index in [0.717, 1.165) is 5.56 Å². The van der Waals surface area contributed by atoms with Crippen molar-refractivity contribution in [1.29, 1.82) is 0 Å². The summed E-state index contributed by atoms with van der Waals surface area (Å²) in [6, 6.07) is 19.0. The first kappa shape index (κ1) is 24.5. The number of rotatable bonds is 8. The maximum atomic E-state index is 13.3. The molecule has 0 spiro atoms. The summed E-state index contributed by atoms with van der Waals surface area (Å²) in [5.41, 5.74) is 6.01. The molecule has 1 fully saturated rings. The van der Waals surface area contributed by atoms with Crippen molar-refractivity contribution in [3.63, 3.8) is 0 Å². The van der Waals surface area contributed by atoms with E-state index in [4.69, 9.17) is 38.8 Å². The Morgan fingerprint density at radius 2 is 1.62 bits per heavy atom. The van der Waals surface area contributed by atoms with E-state index in [9.17, 15) is 13.2 Å². The number of aliphatic carboxylic acids is 1. The fourth-order valence-corrected chi connectivity index (χ4v) is 5.66. The van der Waals surface area contributed by atoms with Crippen LogP contribution in [0.3, 0.4) is 0 Å². The molecule has 3 N–H and O–H groups in total. The van der Waals surface area contributed by atoms with E-state index >= 15 is 0 Å². The molecule has 3 aromatic carbocycles. The van der Waals surface area contributed by atoms with Gasteiger partial charge >= 0.3 is 5.97 Å². The van der Waals surface area contributed by atoms with E-state index in [1.54, 1.807) is 48.5 Å². The van der Waals surface area contributed by atoms with Crippen LogP contribution in [0.15, 0.2) is 77.7 Å². The molecule has 1 aliphatic heterocycles. The number of carboxylic acids is 1. The van der Waals surface area contributed by atoms with Crippen LogP contribution in [-0.2, 0) is 26.8 Å². The molecule has 10 heteroatoms. The number of benzene rings is 3. The van der Waals surface area contributed by atoms with Gasteiger partial charge in [-0.3, -0.25) is 4.79 Å². The number of sulfonamides is 1. The van der Waals surface area contributed by atoms with Crippen molar-refractivity contribution >= 4 is 39.2 Å². The largest absolute Gasteiger partial charge is 0.480 e. The maximum Gasteiger partial charge on any atom is 0.320 e. The monoisotopic (exact) mass is 520 g/mol. The number of carbonyl (C=O) groups is 1. The topological polar surface area (TPSA) is 110 Å². The fourth-order valence-electron chi connectivity index (χ4n) is 3.80. The Hall–Kier alpha value is -2.62. The van der Waals surface area contributed by atoms with E-state index in [1.807, 2.05) is 12.1 Å². The summed E-state index contributed by atoms with van der Waals surface area (Å²) in [5.74, 6) is -0.593. The minimum atomic E-state index is -3.85. The van der Waals surface area contributed by atoms with Crippen molar-refractivity contribution in [3.8, 4) is 5.75 Å². The average Bonchev–Trinajstić information content (AvgIpc) is 2.78. The second-order valence-electron chi connectivity index (χ2n) is 8.13. The summed E-state index contributed by atoms with van der Waals surface area (Å²) in [6.07, 6.45) is 0.0209. The maximum absolute atomic E-state index is 13.3. The third-order valence-corrected chi connectivity index (χ3v) is 7.96. The molecule has 1 atom stereocenters. The number of carboxylic acid groups (broad SMARTS) is 1. The highest BCUT2D eigenvalue weighted by Gasteiger charge is 2.52. The van der Waals surface area contributed by atoms with E-state index in [1.165, 1.54) is 16.4 Å². The highest BCUT2D eigenvalue weighted by Crippen LogP contribution is 2.40. The second kappa shape index (κ2) is 9.56. The van der Waals surface area contributed by atoms with Crippen LogP contribution >= 0.6 is 23.2 Å². The van der Waals surface area contributed by atoms with Crippen molar-refractivity contribution in [1.82, 2.24) is 4.31 Å². The third-order valence-electron chi connectivity index (χ3n) is 5.67. The Bertz CT molecular complexity index is 1290. The molecule has 1 aliphatic rings. The highest BCUT2D eigenvalue weighted by atomic mass is 35.5. The summed E-state index contributed by atoms with van der Waals surface area (Å²) >= 11 is 12.0. The van der Waals surface area contributed by atoms with Gasteiger partial charge < -0.3 is 15.6 Å². The van der Waals surface area contributed by atoms with Gasteiger partial charge in [-0.05, 0) is 66.1 Å². The Kier molecular flexibility index (Phi) is 6.89. The molecule has 0 unspecified atom stereocenters. The molecule has 0 saturated carbocycles. The third kappa shape index (κ3) is 5.06. The number of ether oxygens (including phenoxy) is 1. The first-order chi connectivity index (χ1) is 16.1. The minimum Gasteiger partial charge on any atom is -0.480 e. The predicted molar refractivity (Wildman–Crippen MR) is 130 cm³/mol. The summed E-state index contributed by atoms with van der Waals surface area (Å²) in [4.78, 5) is 11.1. The summed E-state index contributed by atoms with van der Waals surface area (Å²) in [7, 11) is -3.85. The van der Waals surface area contributed by atoms with E-state index < -0.39 is 27.6 Å². The molecule has 4 rings (SSSR count). The van der Waals surface area contributed by atoms with Gasteiger partial charge in [0.05, 0.1) is 18.0 Å². The Labute approximate surface area is 207 Å². The number of nitrogens with zero attached hydrogens (tertiary/aromatic N) is 1. The number of hydrogen-bond donors (Lipinski definition) is 2. The molecule has 0 aliphatic carbocycles. The normalized spacial score (nSPS) is 16.4. The van der Waals surface area contributed by atoms with Crippen LogP contribution in [0, 0.1) is 0 Å². The molecular formula is C24H22Cl2N2O5S. The highest BCUT2D eigenvalue weighted by molar-refractivity contribution is 7.89. The summed E-state index contributed by atoms with van der Waals surface area (Å²) in [5, 5.41) is 10.2. The van der Waals surface area contributed by atoms with Gasteiger partial charge in [-0.1, -0.05) is 47.5 Å². The van der Waals surface area contributed by atoms with Gasteiger partial charge in [-0.25, -0.2) is 8.42 Å². The average molecular weight is 521 g/mol. The molecule has 0 aromatic heterocycles. The predicted octanol–water partition coefficient (Wildman–Crippen LogP) is 3.93. The molecule has 0 amide bonds. The molecule has 0 bridgehead atoms. The smallest absolute Gasteiger partial charge is 0.320 e. The molecule has 1 saturated heterocycles. The van der Waals surface area contributed by atoms with Crippen molar-refractivity contribution in [2.45, 2.75) is 23.0 Å². The van der Waals surface area contributed by atoms with Crippen LogP contribution in [0.4, 0.5) is 0 Å². The molecule has 34 heavy (non-hydrogen) atoms. The standard InChI is InChI=1S/C24H22Cl2N2O5S/c25-18-6-4-17(5-7-18)24(33-20-10-8-19(26)9-11-20)14-28(15-24)34(31,32)21-3-1-2-16(12-21)13-22(27)23(29)30/h1-12,22H,13-15,27H2,(H,29,30)/t22-/m0/s1. The van der Waals surface area contributed by atoms with Crippen molar-refractivity contribution in [3.05, 3.63) is 94.0 Å². The SMILES string of the molecule is N[C@@H](Cc1cccc(S(=O)(=O)N2CC(Oc3ccc(Cl)cc3)(c3ccc(Cl)cc3)C2)c1)C(=O)O. The zero-order chi connectivity index (χ0) is 24.5. The Balaban J connectivity index is 1.60. The summed E-state index contributed by atoms with van der Waals surface area (Å²) < 4.78 is 34.3. The second-order valence-corrected chi connectivity index (χ2v) is 10.9. The van der Waals surface area contributed by atoms with Gasteiger partial charge in [0.15, 0.2) is 5.60 Å². The first-order valence-electron chi connectivity index (χ1n) is 10.4. The van der Waals surface area contributed by atoms with Gasteiger partial charge in [0.25, 0.3) is 0 Å². The van der Waals surface area contributed by atoms with Crippen LogP contribution in [0.1, 0.15) is 11.1 Å². The molecule has 7 nitrogen and oxygen atoms in total. The first-order valence-corrected chi connectivity index (χ1v) is 12.6. The lowest BCUT2D eigenvalue weighted by Crippen LogP contribution is -2.64. The van der Waals surface area contributed by atoms with Gasteiger partial charge in [0, 0.05) is 10.0 Å². The molecule has 0 radical (unpaired) electrons. The van der Waals surface area contributed by atoms with Gasteiger partial charge in [0.1, 0.15) is 11.8 Å². The number of nitrogens with two attached hydrogens (primary N) is 1. The quantitative estimate of drug-likeness (QED) is 0.465. The van der Waals surface area contributed by atoms with Crippen LogP contribution in [0.25, 0.3) is 0 Å². The zero-order valence-corrected chi connectivity index (χ0v) is 20.2. The fraction of sp³-hybridized carbons (Fsp3) is 0.208. The van der Waals surface area contributed by atoms with Crippen LogP contribution in [0.5, 0.6) is 5.75 Å². The molecule has 3 aromatic rings. The Morgan fingerprint density at radius 3 is 2.21 bits per heavy atom. The van der Waals surface area contributed by atoms with Crippen LogP contribution in [0.2, 0.25) is 10.0 Å². The molecular weight excluding hydrogens is 499 g/mol. The van der Waals surface area contributed by atoms with Crippen molar-refractivity contribution in [2.24, 2.45) is 5.73 Å². The lowest BCUT2D eigenvalue weighted by molar-refractivity contribution is -0.138. The lowest BCUT2D eigenvalue weighted by atomic mass is 9.87. The van der Waals surface area contributed by atoms with Gasteiger partial charge in [-0.2, -0.15) is 4.31 Å². The van der Waals surface area contributed by atoms with E-state index in [-0.39, 0.29) is 24.4 Å². The van der Waals surface area contributed by atoms with Gasteiger partial charge in [0.2, 0.25) is 10.0 Å². The van der Waals surface area contributed by atoms with Crippen molar-refractivity contribution in [2.75, 3.05) is 13.1 Å². The Morgan fingerprint density at radius 1 is 1.03 bits per heavy atom. The van der Waals surface area contributed by atoms with E-state index in [0.29, 0.717) is 21.4 Å². The number of hydrogen-bond acceptors (Lipinski definition) is 5. The van der Waals surface area contributed by atoms with Crippen LogP contribution < -0.4 is 10.5 Å². The van der Waals surface area contributed by atoms with Crippen LogP contribution in [-0.4, -0.2) is 42.9 Å². The van der Waals surface area contributed by atoms with Gasteiger partial charge in [-0.15, -0.1) is 0 Å². The van der Waals surface area contributed by atoms with Crippen molar-refractivity contribution < 1.29 is 23.1 Å². The molecule has 1 heterocycles. The van der Waals surface area contributed by atoms with E-state index in [2.05, 4.69) is 0 Å². The summed E-state index contributed by atoms with van der Waals surface area (Å²) in [6.45, 7) is 0.164. The molecule has 178 valence electrons.